The van der Waals surface area contributed by atoms with E-state index in [1.165, 1.54) is 77.0 Å². The van der Waals surface area contributed by atoms with Crippen LogP contribution in [0.4, 0.5) is 0 Å². The van der Waals surface area contributed by atoms with Crippen LogP contribution in [0.15, 0.2) is 0 Å². The Morgan fingerprint density at radius 2 is 0.947 bits per heavy atom. The minimum Gasteiger partial charge on any atom is -0.462 e. The molecule has 9 heteroatoms. The summed E-state index contributed by atoms with van der Waals surface area (Å²) in [5, 5.41) is 0. The number of ether oxygens (including phenoxy) is 2. The number of carbonyl (C=O) groups excluding carboxylic acids is 2. The van der Waals surface area contributed by atoms with E-state index in [0.717, 1.165) is 44.9 Å². The van der Waals surface area contributed by atoms with Crippen molar-refractivity contribution in [2.45, 2.75) is 161 Å². The maximum atomic E-state index is 12.2. The fourth-order valence-corrected chi connectivity index (χ4v) is 4.67. The molecule has 0 aromatic rings. The van der Waals surface area contributed by atoms with Crippen LogP contribution in [-0.2, 0) is 28.2 Å². The second-order valence-corrected chi connectivity index (χ2v) is 11.7. The summed E-state index contributed by atoms with van der Waals surface area (Å²) in [6.45, 7) is 3.56. The number of hydrogen-bond donors (Lipinski definition) is 2. The van der Waals surface area contributed by atoms with E-state index in [1.807, 2.05) is 0 Å². The first kappa shape index (κ1) is 37.0. The standard InChI is InChI=1S/C29H57O8P/c1-3-5-7-9-10-11-12-13-14-15-16-17-18-20-22-24-29(31)37-27(26-36-38(32,33)34)25-35-28(30)23-21-19-8-6-4-2/h27H,3-26H2,1-2H3,(H2,32,33,34). The zero-order valence-corrected chi connectivity index (χ0v) is 25.2. The second-order valence-electron chi connectivity index (χ2n) is 10.4. The fraction of sp³-hybridized carbons (Fsp3) is 0.931. The van der Waals surface area contributed by atoms with Gasteiger partial charge in [0.2, 0.25) is 0 Å². The average molecular weight is 565 g/mol. The molecule has 0 bridgehead atoms. The molecule has 2 N–H and O–H groups in total. The number of carbonyl (C=O) groups is 2. The summed E-state index contributed by atoms with van der Waals surface area (Å²) in [6.07, 6.45) is 23.0. The highest BCUT2D eigenvalue weighted by molar-refractivity contribution is 7.46. The van der Waals surface area contributed by atoms with Crippen molar-refractivity contribution in [1.82, 2.24) is 0 Å². The zero-order chi connectivity index (χ0) is 28.3. The first-order chi connectivity index (χ1) is 18.3. The second kappa shape index (κ2) is 26.3. The van der Waals surface area contributed by atoms with Crippen molar-refractivity contribution in [2.75, 3.05) is 13.2 Å². The normalized spacial score (nSPS) is 12.4. The number of unbranched alkanes of at least 4 members (excludes halogenated alkanes) is 18. The molecular formula is C29H57O8P. The van der Waals surface area contributed by atoms with Crippen molar-refractivity contribution in [3.8, 4) is 0 Å². The quantitative estimate of drug-likeness (QED) is 0.0555. The zero-order valence-electron chi connectivity index (χ0n) is 24.3. The van der Waals surface area contributed by atoms with Crippen molar-refractivity contribution >= 4 is 19.8 Å². The highest BCUT2D eigenvalue weighted by Crippen LogP contribution is 2.35. The first-order valence-electron chi connectivity index (χ1n) is 15.3. The van der Waals surface area contributed by atoms with Gasteiger partial charge in [-0.25, -0.2) is 4.57 Å². The van der Waals surface area contributed by atoms with E-state index in [9.17, 15) is 14.2 Å². The Hall–Kier alpha value is -0.950. The SMILES string of the molecule is CCCCCCCCCCCCCCCCCC(=O)OC(COC(=O)CCCCCCC)COP(=O)(O)O. The lowest BCUT2D eigenvalue weighted by atomic mass is 10.0. The number of hydrogen-bond acceptors (Lipinski definition) is 6. The molecule has 0 radical (unpaired) electrons. The smallest absolute Gasteiger partial charge is 0.462 e. The van der Waals surface area contributed by atoms with Crippen molar-refractivity contribution in [3.05, 3.63) is 0 Å². The molecular weight excluding hydrogens is 507 g/mol. The van der Waals surface area contributed by atoms with Crippen LogP contribution in [0, 0.1) is 0 Å². The van der Waals surface area contributed by atoms with Gasteiger partial charge in [0.25, 0.3) is 0 Å². The highest BCUT2D eigenvalue weighted by Gasteiger charge is 2.22. The fourth-order valence-electron chi connectivity index (χ4n) is 4.31. The topological polar surface area (TPSA) is 119 Å². The number of esters is 2. The lowest BCUT2D eigenvalue weighted by molar-refractivity contribution is -0.161. The van der Waals surface area contributed by atoms with Crippen LogP contribution < -0.4 is 0 Å². The molecule has 1 atom stereocenters. The minimum absolute atomic E-state index is 0.218. The number of phosphoric acid groups is 1. The van der Waals surface area contributed by atoms with Crippen LogP contribution in [0.2, 0.25) is 0 Å². The maximum Gasteiger partial charge on any atom is 0.469 e. The lowest BCUT2D eigenvalue weighted by Gasteiger charge is -2.18. The van der Waals surface area contributed by atoms with E-state index in [0.29, 0.717) is 6.42 Å². The lowest BCUT2D eigenvalue weighted by Crippen LogP contribution is -2.29. The molecule has 0 rings (SSSR count). The third-order valence-corrected chi connectivity index (χ3v) is 7.11. The van der Waals surface area contributed by atoms with Gasteiger partial charge in [-0.3, -0.25) is 14.1 Å². The largest absolute Gasteiger partial charge is 0.469 e. The summed E-state index contributed by atoms with van der Waals surface area (Å²) in [4.78, 5) is 42.1. The molecule has 0 aliphatic rings. The molecule has 1 unspecified atom stereocenters. The molecule has 0 fully saturated rings. The Balaban J connectivity index is 3.92. The highest BCUT2D eigenvalue weighted by atomic mass is 31.2. The van der Waals surface area contributed by atoms with Crippen molar-refractivity contribution in [1.29, 1.82) is 0 Å². The molecule has 226 valence electrons. The Labute approximate surface area is 232 Å². The number of rotatable bonds is 28. The van der Waals surface area contributed by atoms with Crippen molar-refractivity contribution in [2.24, 2.45) is 0 Å². The summed E-state index contributed by atoms with van der Waals surface area (Å²) in [7, 11) is -4.72. The van der Waals surface area contributed by atoms with Crippen LogP contribution in [0.3, 0.4) is 0 Å². The van der Waals surface area contributed by atoms with Gasteiger partial charge in [-0.2, -0.15) is 0 Å². The molecule has 0 aromatic carbocycles. The van der Waals surface area contributed by atoms with Gasteiger partial charge in [0.15, 0.2) is 6.10 Å². The van der Waals surface area contributed by atoms with Crippen LogP contribution >= 0.6 is 7.82 Å². The van der Waals surface area contributed by atoms with Gasteiger partial charge in [0, 0.05) is 12.8 Å². The van der Waals surface area contributed by atoms with Crippen molar-refractivity contribution in [3.63, 3.8) is 0 Å². The number of phosphoric ester groups is 1. The summed E-state index contributed by atoms with van der Waals surface area (Å²) in [5.41, 5.74) is 0. The molecule has 38 heavy (non-hydrogen) atoms. The Bertz CT molecular complexity index is 607. The first-order valence-corrected chi connectivity index (χ1v) is 16.9. The summed E-state index contributed by atoms with van der Waals surface area (Å²) in [6, 6.07) is 0. The Kier molecular flexibility index (Phi) is 25.6. The molecule has 0 spiro atoms. The summed E-state index contributed by atoms with van der Waals surface area (Å²) in [5.74, 6) is -0.893. The Morgan fingerprint density at radius 1 is 0.579 bits per heavy atom. The molecule has 0 saturated heterocycles. The molecule has 8 nitrogen and oxygen atoms in total. The van der Waals surface area contributed by atoms with E-state index >= 15 is 0 Å². The molecule has 0 amide bonds. The van der Waals surface area contributed by atoms with Gasteiger partial charge in [0.1, 0.15) is 6.61 Å². The van der Waals surface area contributed by atoms with Crippen LogP contribution in [-0.4, -0.2) is 41.0 Å². The predicted octanol–water partition coefficient (Wildman–Crippen LogP) is 8.17. The van der Waals surface area contributed by atoms with E-state index in [2.05, 4.69) is 18.4 Å². The summed E-state index contributed by atoms with van der Waals surface area (Å²) < 4.78 is 26.0. The van der Waals surface area contributed by atoms with Gasteiger partial charge in [-0.15, -0.1) is 0 Å². The molecule has 0 aliphatic heterocycles. The third kappa shape index (κ3) is 28.1. The molecule has 0 heterocycles. The molecule has 0 aliphatic carbocycles. The average Bonchev–Trinajstić information content (AvgIpc) is 2.87. The van der Waals surface area contributed by atoms with Crippen LogP contribution in [0.25, 0.3) is 0 Å². The van der Waals surface area contributed by atoms with Gasteiger partial charge in [0.05, 0.1) is 6.61 Å². The van der Waals surface area contributed by atoms with E-state index < -0.39 is 32.5 Å². The molecule has 0 saturated carbocycles. The monoisotopic (exact) mass is 564 g/mol. The van der Waals surface area contributed by atoms with Gasteiger partial charge >= 0.3 is 19.8 Å². The minimum atomic E-state index is -4.72. The predicted molar refractivity (Wildman–Crippen MR) is 152 cm³/mol. The van der Waals surface area contributed by atoms with Crippen LogP contribution in [0.1, 0.15) is 155 Å². The van der Waals surface area contributed by atoms with E-state index in [1.54, 1.807) is 0 Å². The van der Waals surface area contributed by atoms with E-state index in [-0.39, 0.29) is 19.4 Å². The molecule has 0 aromatic heterocycles. The van der Waals surface area contributed by atoms with Gasteiger partial charge in [-0.05, 0) is 12.8 Å². The van der Waals surface area contributed by atoms with Gasteiger partial charge in [-0.1, -0.05) is 129 Å². The third-order valence-electron chi connectivity index (χ3n) is 6.63. The Morgan fingerprint density at radius 3 is 1.34 bits per heavy atom. The van der Waals surface area contributed by atoms with Crippen LogP contribution in [0.5, 0.6) is 0 Å². The summed E-state index contributed by atoms with van der Waals surface area (Å²) >= 11 is 0. The van der Waals surface area contributed by atoms with E-state index in [4.69, 9.17) is 19.3 Å². The maximum absolute atomic E-state index is 12.2. The van der Waals surface area contributed by atoms with Crippen molar-refractivity contribution < 1.29 is 37.9 Å². The van der Waals surface area contributed by atoms with Gasteiger partial charge < -0.3 is 19.3 Å².